The predicted octanol–water partition coefficient (Wildman–Crippen LogP) is 11.9. The van der Waals surface area contributed by atoms with Crippen molar-refractivity contribution in [3.63, 3.8) is 0 Å². The van der Waals surface area contributed by atoms with E-state index in [-0.39, 0.29) is 21.7 Å². The largest absolute Gasteiger partial charge is 0.463 e. The third kappa shape index (κ3) is 10.7. The molecule has 2 aromatic carbocycles. The second-order valence-corrected chi connectivity index (χ2v) is 16.5. The van der Waals surface area contributed by atoms with Gasteiger partial charge >= 0.3 is 8.60 Å². The van der Waals surface area contributed by atoms with Crippen LogP contribution < -0.4 is 9.05 Å². The molecule has 4 heteroatoms. The van der Waals surface area contributed by atoms with Crippen LogP contribution in [0.2, 0.25) is 0 Å². The van der Waals surface area contributed by atoms with Gasteiger partial charge in [-0.25, -0.2) is 0 Å². The minimum absolute atomic E-state index is 0.0600. The van der Waals surface area contributed by atoms with E-state index in [9.17, 15) is 0 Å². The summed E-state index contributed by atoms with van der Waals surface area (Å²) >= 11 is 0. The quantitative estimate of drug-likeness (QED) is 0.188. The van der Waals surface area contributed by atoms with Crippen molar-refractivity contribution in [1.82, 2.24) is 0 Å². The fourth-order valence-corrected chi connectivity index (χ4v) is 5.64. The van der Waals surface area contributed by atoms with Gasteiger partial charge in [0.05, 0.1) is 6.61 Å². The summed E-state index contributed by atoms with van der Waals surface area (Å²) in [6.45, 7) is 29.9. The van der Waals surface area contributed by atoms with Gasteiger partial charge in [-0.3, -0.25) is 4.52 Å². The zero-order valence-electron chi connectivity index (χ0n) is 28.1. The Bertz CT molecular complexity index is 984. The molecule has 0 aliphatic heterocycles. The summed E-state index contributed by atoms with van der Waals surface area (Å²) in [4.78, 5) is 0. The van der Waals surface area contributed by atoms with E-state index in [2.05, 4.69) is 126 Å². The summed E-state index contributed by atoms with van der Waals surface area (Å²) in [6.07, 6.45) is 7.30. The van der Waals surface area contributed by atoms with Gasteiger partial charge in [-0.15, -0.1) is 0 Å². The lowest BCUT2D eigenvalue weighted by atomic mass is 9.80. The highest BCUT2D eigenvalue weighted by Gasteiger charge is 2.29. The molecular formula is C36H59O3P. The molecule has 0 radical (unpaired) electrons. The SMILES string of the molecule is CCCCCCCCOP(Oc1ccc(C(C)(C)C)cc1C(C)(C)C)Oc1ccc(C(C)(C)C)cc1C(C)(C)C. The minimum Gasteiger partial charge on any atom is -0.417 e. The van der Waals surface area contributed by atoms with E-state index < -0.39 is 8.60 Å². The molecule has 0 aliphatic rings. The molecule has 40 heavy (non-hydrogen) atoms. The van der Waals surface area contributed by atoms with Gasteiger partial charge in [-0.1, -0.05) is 146 Å². The van der Waals surface area contributed by atoms with Crippen molar-refractivity contribution in [3.05, 3.63) is 58.7 Å². The van der Waals surface area contributed by atoms with Gasteiger partial charge in [0.15, 0.2) is 0 Å². The maximum absolute atomic E-state index is 6.67. The topological polar surface area (TPSA) is 27.7 Å². The molecule has 3 nitrogen and oxygen atoms in total. The van der Waals surface area contributed by atoms with Crippen molar-refractivity contribution < 1.29 is 13.6 Å². The van der Waals surface area contributed by atoms with Crippen molar-refractivity contribution in [3.8, 4) is 11.5 Å². The Kier molecular flexibility index (Phi) is 12.2. The molecule has 0 spiro atoms. The molecule has 0 bridgehead atoms. The molecule has 0 unspecified atom stereocenters. The number of unbranched alkanes of at least 4 members (excludes halogenated alkanes) is 5. The standard InChI is InChI=1S/C36H59O3P/c1-14-15-16-17-18-19-24-37-40(38-31-22-20-27(33(2,3)4)25-29(31)35(8,9)10)39-32-23-21-28(34(5,6)7)26-30(32)36(11,12)13/h20-23,25-26H,14-19,24H2,1-13H3. The molecular weight excluding hydrogens is 511 g/mol. The van der Waals surface area contributed by atoms with Gasteiger partial charge < -0.3 is 9.05 Å². The lowest BCUT2D eigenvalue weighted by Gasteiger charge is -2.30. The van der Waals surface area contributed by atoms with Crippen LogP contribution in [0.25, 0.3) is 0 Å². The summed E-state index contributed by atoms with van der Waals surface area (Å²) in [5, 5.41) is 0. The van der Waals surface area contributed by atoms with E-state index in [1.807, 2.05) is 0 Å². The van der Waals surface area contributed by atoms with E-state index in [4.69, 9.17) is 13.6 Å². The van der Waals surface area contributed by atoms with Gasteiger partial charge in [0, 0.05) is 11.1 Å². The first-order chi connectivity index (χ1) is 18.3. The third-order valence-corrected chi connectivity index (χ3v) is 8.43. The van der Waals surface area contributed by atoms with Gasteiger partial charge in [0.2, 0.25) is 0 Å². The fraction of sp³-hybridized carbons (Fsp3) is 0.667. The fourth-order valence-electron chi connectivity index (χ4n) is 4.58. The Labute approximate surface area is 248 Å². The molecule has 0 amide bonds. The molecule has 0 atom stereocenters. The van der Waals surface area contributed by atoms with Gasteiger partial charge in [-0.2, -0.15) is 0 Å². The predicted molar refractivity (Wildman–Crippen MR) is 175 cm³/mol. The van der Waals surface area contributed by atoms with E-state index in [0.29, 0.717) is 6.61 Å². The maximum atomic E-state index is 6.67. The van der Waals surface area contributed by atoms with E-state index >= 15 is 0 Å². The summed E-state index contributed by atoms with van der Waals surface area (Å²) in [5.74, 6) is 1.69. The van der Waals surface area contributed by atoms with Crippen LogP contribution in [-0.2, 0) is 26.2 Å². The average Bonchev–Trinajstić information content (AvgIpc) is 2.81. The van der Waals surface area contributed by atoms with E-state index in [1.165, 1.54) is 54.4 Å². The van der Waals surface area contributed by atoms with Crippen LogP contribution in [0.5, 0.6) is 11.5 Å². The lowest BCUT2D eigenvalue weighted by Crippen LogP contribution is -2.18. The van der Waals surface area contributed by atoms with Crippen molar-refractivity contribution in [2.75, 3.05) is 6.61 Å². The van der Waals surface area contributed by atoms with Crippen molar-refractivity contribution in [2.45, 2.75) is 150 Å². The van der Waals surface area contributed by atoms with Gasteiger partial charge in [0.1, 0.15) is 11.5 Å². The lowest BCUT2D eigenvalue weighted by molar-refractivity contribution is 0.255. The van der Waals surface area contributed by atoms with E-state index in [1.54, 1.807) is 0 Å². The molecule has 2 aromatic rings. The van der Waals surface area contributed by atoms with E-state index in [0.717, 1.165) is 17.9 Å². The highest BCUT2D eigenvalue weighted by Crippen LogP contribution is 2.48. The van der Waals surface area contributed by atoms with Crippen molar-refractivity contribution in [1.29, 1.82) is 0 Å². The molecule has 226 valence electrons. The number of hydrogen-bond donors (Lipinski definition) is 0. The average molecular weight is 571 g/mol. The first kappa shape index (κ1) is 34.6. The second-order valence-electron chi connectivity index (χ2n) is 15.4. The Morgan fingerprint density at radius 1 is 0.525 bits per heavy atom. The van der Waals surface area contributed by atoms with Crippen LogP contribution in [0.4, 0.5) is 0 Å². The summed E-state index contributed by atoms with van der Waals surface area (Å²) < 4.78 is 19.8. The smallest absolute Gasteiger partial charge is 0.417 e. The summed E-state index contributed by atoms with van der Waals surface area (Å²) in [5.41, 5.74) is 4.92. The Morgan fingerprint density at radius 3 is 1.30 bits per heavy atom. The molecule has 0 N–H and O–H groups in total. The molecule has 0 fully saturated rings. The Balaban J connectivity index is 2.42. The molecule has 2 rings (SSSR count). The first-order valence-electron chi connectivity index (χ1n) is 15.4. The zero-order valence-corrected chi connectivity index (χ0v) is 29.0. The second kappa shape index (κ2) is 14.1. The molecule has 0 saturated carbocycles. The Hall–Kier alpha value is -1.57. The molecule has 0 aromatic heterocycles. The molecule has 0 aliphatic carbocycles. The van der Waals surface area contributed by atoms with Crippen molar-refractivity contribution >= 4 is 8.60 Å². The molecule has 0 heterocycles. The summed E-state index contributed by atoms with van der Waals surface area (Å²) in [6, 6.07) is 13.2. The van der Waals surface area contributed by atoms with Crippen LogP contribution in [0.1, 0.15) is 151 Å². The Morgan fingerprint density at radius 2 is 0.925 bits per heavy atom. The van der Waals surface area contributed by atoms with Crippen LogP contribution in [0.3, 0.4) is 0 Å². The summed E-state index contributed by atoms with van der Waals surface area (Å²) in [7, 11) is -1.64. The molecule has 0 saturated heterocycles. The van der Waals surface area contributed by atoms with Gasteiger partial charge in [0.25, 0.3) is 0 Å². The zero-order chi connectivity index (χ0) is 30.4. The normalized spacial score (nSPS) is 13.2. The number of hydrogen-bond acceptors (Lipinski definition) is 3. The maximum Gasteiger partial charge on any atom is 0.463 e. The van der Waals surface area contributed by atoms with Crippen LogP contribution in [-0.4, -0.2) is 6.61 Å². The van der Waals surface area contributed by atoms with Crippen LogP contribution in [0.15, 0.2) is 36.4 Å². The van der Waals surface area contributed by atoms with Crippen LogP contribution in [0, 0.1) is 0 Å². The highest BCUT2D eigenvalue weighted by molar-refractivity contribution is 7.42. The number of benzene rings is 2. The number of rotatable bonds is 12. The third-order valence-electron chi connectivity index (χ3n) is 7.35. The monoisotopic (exact) mass is 570 g/mol. The highest BCUT2D eigenvalue weighted by atomic mass is 31.2. The first-order valence-corrected chi connectivity index (χ1v) is 16.5. The van der Waals surface area contributed by atoms with Crippen LogP contribution >= 0.6 is 8.60 Å². The van der Waals surface area contributed by atoms with Gasteiger partial charge in [-0.05, 0) is 51.3 Å². The minimum atomic E-state index is -1.64. The van der Waals surface area contributed by atoms with Crippen molar-refractivity contribution in [2.24, 2.45) is 0 Å².